The van der Waals surface area contributed by atoms with Crippen molar-refractivity contribution in [1.29, 1.82) is 0 Å². The van der Waals surface area contributed by atoms with Crippen LogP contribution >= 0.6 is 11.8 Å². The summed E-state index contributed by atoms with van der Waals surface area (Å²) in [4.78, 5) is 33.4. The van der Waals surface area contributed by atoms with Gasteiger partial charge in [0.1, 0.15) is 0 Å². The molecule has 0 unspecified atom stereocenters. The van der Waals surface area contributed by atoms with E-state index in [0.717, 1.165) is 27.3 Å². The van der Waals surface area contributed by atoms with Crippen molar-refractivity contribution >= 4 is 23.6 Å². The van der Waals surface area contributed by atoms with Gasteiger partial charge in [-0.1, -0.05) is 42.5 Å². The number of carbonyl (C=O) groups excluding carboxylic acids is 2. The van der Waals surface area contributed by atoms with Crippen molar-refractivity contribution in [1.82, 2.24) is 15.2 Å². The maximum Gasteiger partial charge on any atom is 0.256 e. The van der Waals surface area contributed by atoms with E-state index in [4.69, 9.17) is 4.74 Å². The van der Waals surface area contributed by atoms with Crippen LogP contribution in [0.25, 0.3) is 0 Å². The summed E-state index contributed by atoms with van der Waals surface area (Å²) in [5.41, 5.74) is 5.64. The predicted molar refractivity (Wildman–Crippen MR) is 134 cm³/mol. The Balaban J connectivity index is 1.50. The number of nitrogens with one attached hydrogen (secondary N) is 1. The smallest absolute Gasteiger partial charge is 0.256 e. The van der Waals surface area contributed by atoms with Gasteiger partial charge in [-0.25, -0.2) is 0 Å². The molecular formula is C27H29N3O3S. The number of amides is 2. The number of pyridine rings is 1. The second-order valence-electron chi connectivity index (χ2n) is 8.25. The van der Waals surface area contributed by atoms with Gasteiger partial charge in [-0.15, -0.1) is 11.8 Å². The number of carbonyl (C=O) groups is 2. The highest BCUT2D eigenvalue weighted by Crippen LogP contribution is 2.28. The number of fused-ring (bicyclic) bond motifs is 1. The summed E-state index contributed by atoms with van der Waals surface area (Å²) in [6.07, 6.45) is 3.90. The van der Waals surface area contributed by atoms with Crippen molar-refractivity contribution in [3.05, 3.63) is 94.3 Å². The van der Waals surface area contributed by atoms with Gasteiger partial charge in [-0.05, 0) is 54.0 Å². The lowest BCUT2D eigenvalue weighted by molar-refractivity contribution is -0.143. The molecule has 0 bridgehead atoms. The van der Waals surface area contributed by atoms with Crippen LogP contribution in [0.3, 0.4) is 0 Å². The SMILES string of the molecule is CO[C@@H](C(=O)N1CCc2c(cnc(C)c2CNC(=O)c2ccccc2SC)C1)c1ccccc1. The molecule has 0 fully saturated rings. The van der Waals surface area contributed by atoms with Crippen LogP contribution in [0.15, 0.2) is 65.7 Å². The molecule has 34 heavy (non-hydrogen) atoms. The third kappa shape index (κ3) is 5.00. The zero-order chi connectivity index (χ0) is 24.1. The maximum absolute atomic E-state index is 13.2. The van der Waals surface area contributed by atoms with Crippen LogP contribution in [-0.4, -0.2) is 41.6 Å². The fourth-order valence-corrected chi connectivity index (χ4v) is 5.01. The lowest BCUT2D eigenvalue weighted by atomic mass is 9.94. The lowest BCUT2D eigenvalue weighted by Crippen LogP contribution is -2.40. The van der Waals surface area contributed by atoms with Crippen LogP contribution in [0.4, 0.5) is 0 Å². The molecular weight excluding hydrogens is 446 g/mol. The molecule has 0 aliphatic carbocycles. The van der Waals surface area contributed by atoms with Crippen LogP contribution < -0.4 is 5.32 Å². The van der Waals surface area contributed by atoms with Crippen LogP contribution in [-0.2, 0) is 29.0 Å². The molecule has 1 aliphatic heterocycles. The fraction of sp³-hybridized carbons (Fsp3) is 0.296. The number of hydrogen-bond acceptors (Lipinski definition) is 5. The Kier molecular flexibility index (Phi) is 7.65. The van der Waals surface area contributed by atoms with Crippen LogP contribution in [0.5, 0.6) is 0 Å². The Morgan fingerprint density at radius 2 is 1.88 bits per heavy atom. The standard InChI is InChI=1S/C27H29N3O3S/c1-18-23(16-29-26(31)22-11-7-8-12-24(22)34-3)21-13-14-30(17-20(21)15-28-18)27(32)25(33-2)19-9-5-4-6-10-19/h4-12,15,25H,13-14,16-17H2,1-3H3,(H,29,31)/t25-/m1/s1. The summed E-state index contributed by atoms with van der Waals surface area (Å²) in [5, 5.41) is 3.07. The molecule has 3 aromatic rings. The molecule has 2 heterocycles. The first kappa shape index (κ1) is 24.0. The number of thioether (sulfide) groups is 1. The molecule has 1 atom stereocenters. The average molecular weight is 476 g/mol. The van der Waals surface area contributed by atoms with Gasteiger partial charge in [-0.3, -0.25) is 14.6 Å². The highest BCUT2D eigenvalue weighted by Gasteiger charge is 2.30. The second kappa shape index (κ2) is 10.8. The normalized spacial score (nSPS) is 13.8. The Morgan fingerprint density at radius 3 is 2.62 bits per heavy atom. The molecule has 7 heteroatoms. The van der Waals surface area contributed by atoms with E-state index in [2.05, 4.69) is 10.3 Å². The molecule has 0 saturated carbocycles. The van der Waals surface area contributed by atoms with Gasteiger partial charge in [0, 0.05) is 43.5 Å². The fourth-order valence-electron chi connectivity index (χ4n) is 4.41. The van der Waals surface area contributed by atoms with E-state index in [0.29, 0.717) is 31.6 Å². The van der Waals surface area contributed by atoms with Crippen molar-refractivity contribution in [2.24, 2.45) is 0 Å². The van der Waals surface area contributed by atoms with Crippen LogP contribution in [0.2, 0.25) is 0 Å². The topological polar surface area (TPSA) is 71.5 Å². The molecule has 6 nitrogen and oxygen atoms in total. The molecule has 1 aliphatic rings. The Bertz CT molecular complexity index is 1180. The Labute approximate surface area is 204 Å². The van der Waals surface area contributed by atoms with Crippen LogP contribution in [0, 0.1) is 6.92 Å². The number of hydrogen-bond donors (Lipinski definition) is 1. The van der Waals surface area contributed by atoms with Crippen LogP contribution in [0.1, 0.15) is 44.4 Å². The highest BCUT2D eigenvalue weighted by atomic mass is 32.2. The molecule has 4 rings (SSSR count). The zero-order valence-electron chi connectivity index (χ0n) is 19.7. The summed E-state index contributed by atoms with van der Waals surface area (Å²) < 4.78 is 5.55. The number of ether oxygens (including phenoxy) is 1. The molecule has 1 aromatic heterocycles. The molecule has 1 N–H and O–H groups in total. The number of methoxy groups -OCH3 is 1. The first-order valence-corrected chi connectivity index (χ1v) is 12.5. The molecule has 2 amide bonds. The highest BCUT2D eigenvalue weighted by molar-refractivity contribution is 7.98. The quantitative estimate of drug-likeness (QED) is 0.516. The van der Waals surface area contributed by atoms with E-state index in [1.807, 2.05) is 78.9 Å². The molecule has 0 radical (unpaired) electrons. The summed E-state index contributed by atoms with van der Waals surface area (Å²) in [6.45, 7) is 3.44. The minimum absolute atomic E-state index is 0.0524. The number of aryl methyl sites for hydroxylation is 1. The predicted octanol–water partition coefficient (Wildman–Crippen LogP) is 4.31. The molecule has 176 valence electrons. The molecule has 2 aromatic carbocycles. The summed E-state index contributed by atoms with van der Waals surface area (Å²) in [5.74, 6) is -0.149. The minimum atomic E-state index is -0.628. The monoisotopic (exact) mass is 475 g/mol. The lowest BCUT2D eigenvalue weighted by Gasteiger charge is -2.32. The number of nitrogens with zero attached hydrogens (tertiary/aromatic N) is 2. The van der Waals surface area contributed by atoms with E-state index >= 15 is 0 Å². The third-order valence-electron chi connectivity index (χ3n) is 6.25. The minimum Gasteiger partial charge on any atom is -0.367 e. The summed E-state index contributed by atoms with van der Waals surface area (Å²) in [7, 11) is 1.56. The largest absolute Gasteiger partial charge is 0.367 e. The van der Waals surface area contributed by atoms with Crippen molar-refractivity contribution < 1.29 is 14.3 Å². The Morgan fingerprint density at radius 1 is 1.15 bits per heavy atom. The Hall–Kier alpha value is -3.16. The second-order valence-corrected chi connectivity index (χ2v) is 9.09. The van der Waals surface area contributed by atoms with Gasteiger partial charge in [0.25, 0.3) is 11.8 Å². The third-order valence-corrected chi connectivity index (χ3v) is 7.04. The van der Waals surface area contributed by atoms with E-state index < -0.39 is 6.10 Å². The maximum atomic E-state index is 13.2. The van der Waals surface area contributed by atoms with Crippen molar-refractivity contribution in [2.75, 3.05) is 19.9 Å². The molecule has 0 saturated heterocycles. The first-order chi connectivity index (χ1) is 16.5. The van der Waals surface area contributed by atoms with E-state index in [9.17, 15) is 9.59 Å². The summed E-state index contributed by atoms with van der Waals surface area (Å²) in [6, 6.07) is 17.2. The number of rotatable bonds is 7. The van der Waals surface area contributed by atoms with Gasteiger partial charge in [0.05, 0.1) is 5.56 Å². The van der Waals surface area contributed by atoms with Gasteiger partial charge in [0.15, 0.2) is 6.10 Å². The average Bonchev–Trinajstić information content (AvgIpc) is 2.88. The van der Waals surface area contributed by atoms with Gasteiger partial charge < -0.3 is 15.0 Å². The van der Waals surface area contributed by atoms with Gasteiger partial charge >= 0.3 is 0 Å². The van der Waals surface area contributed by atoms with E-state index in [1.165, 1.54) is 5.56 Å². The van der Waals surface area contributed by atoms with E-state index in [1.54, 1.807) is 18.9 Å². The van der Waals surface area contributed by atoms with Crippen molar-refractivity contribution in [2.45, 2.75) is 37.4 Å². The van der Waals surface area contributed by atoms with Crippen molar-refractivity contribution in [3.63, 3.8) is 0 Å². The number of aromatic nitrogens is 1. The number of benzene rings is 2. The van der Waals surface area contributed by atoms with Gasteiger partial charge in [-0.2, -0.15) is 0 Å². The van der Waals surface area contributed by atoms with Crippen molar-refractivity contribution in [3.8, 4) is 0 Å². The van der Waals surface area contributed by atoms with E-state index in [-0.39, 0.29) is 11.8 Å². The molecule has 0 spiro atoms. The first-order valence-electron chi connectivity index (χ1n) is 11.3. The summed E-state index contributed by atoms with van der Waals surface area (Å²) >= 11 is 1.56. The van der Waals surface area contributed by atoms with Gasteiger partial charge in [0.2, 0.25) is 0 Å². The zero-order valence-corrected chi connectivity index (χ0v) is 20.5.